The number of hydrogen-bond acceptors (Lipinski definition) is 6. The largest absolute Gasteiger partial charge is 0.383 e. The van der Waals surface area contributed by atoms with Crippen LogP contribution in [0, 0.1) is 34.6 Å². The molecular formula is C22H29N5OS. The molecule has 0 saturated carbocycles. The highest BCUT2D eigenvalue weighted by Gasteiger charge is 2.21. The maximum absolute atomic E-state index is 12.7. The van der Waals surface area contributed by atoms with E-state index >= 15 is 0 Å². The molecule has 2 heterocycles. The number of thiophene rings is 1. The fourth-order valence-corrected chi connectivity index (χ4v) is 4.65. The summed E-state index contributed by atoms with van der Waals surface area (Å²) in [4.78, 5) is 25.9. The molecule has 6 nitrogen and oxygen atoms in total. The van der Waals surface area contributed by atoms with Crippen molar-refractivity contribution in [1.29, 1.82) is 0 Å². The highest BCUT2D eigenvalue weighted by molar-refractivity contribution is 7.18. The number of aromatic nitrogens is 2. The first kappa shape index (κ1) is 21.2. The Hall–Kier alpha value is -2.51. The van der Waals surface area contributed by atoms with Crippen LogP contribution in [0.5, 0.6) is 0 Å². The highest BCUT2D eigenvalue weighted by atomic mass is 32.1. The topological polar surface area (TPSA) is 84.1 Å². The molecule has 154 valence electrons. The quantitative estimate of drug-likeness (QED) is 0.648. The first-order chi connectivity index (χ1) is 13.6. The Morgan fingerprint density at radius 1 is 1.17 bits per heavy atom. The van der Waals surface area contributed by atoms with E-state index in [1.165, 1.54) is 10.4 Å². The lowest BCUT2D eigenvalue weighted by atomic mass is 10.1. The van der Waals surface area contributed by atoms with E-state index in [-0.39, 0.29) is 18.5 Å². The summed E-state index contributed by atoms with van der Waals surface area (Å²) < 4.78 is 0. The predicted molar refractivity (Wildman–Crippen MR) is 122 cm³/mol. The second-order valence-corrected chi connectivity index (χ2v) is 9.05. The van der Waals surface area contributed by atoms with Crippen LogP contribution in [0.3, 0.4) is 0 Å². The number of benzene rings is 1. The number of hydrogen-bond donors (Lipinski definition) is 2. The van der Waals surface area contributed by atoms with E-state index in [0.717, 1.165) is 32.6 Å². The third kappa shape index (κ3) is 4.26. The summed E-state index contributed by atoms with van der Waals surface area (Å²) in [5, 5.41) is 3.99. The minimum Gasteiger partial charge on any atom is -0.383 e. The third-order valence-corrected chi connectivity index (χ3v) is 6.54. The molecule has 7 heteroatoms. The number of likely N-dealkylation sites (N-methyl/N-ethyl adjacent to an activating group) is 1. The molecule has 1 aromatic carbocycles. The molecule has 1 atom stereocenters. The van der Waals surface area contributed by atoms with E-state index in [0.29, 0.717) is 11.6 Å². The first-order valence-electron chi connectivity index (χ1n) is 9.69. The zero-order chi connectivity index (χ0) is 21.5. The number of nitrogens with two attached hydrogens (primary N) is 1. The number of amides is 1. The van der Waals surface area contributed by atoms with Crippen molar-refractivity contribution in [2.45, 2.75) is 47.6 Å². The van der Waals surface area contributed by atoms with Gasteiger partial charge >= 0.3 is 0 Å². The molecule has 0 fully saturated rings. The molecule has 0 bridgehead atoms. The molecule has 0 radical (unpaired) electrons. The van der Waals surface area contributed by atoms with Crippen LogP contribution < -0.4 is 11.1 Å². The van der Waals surface area contributed by atoms with Crippen LogP contribution in [-0.4, -0.2) is 34.4 Å². The number of aryl methyl sites for hydroxylation is 5. The van der Waals surface area contributed by atoms with Gasteiger partial charge < -0.3 is 11.1 Å². The Labute approximate surface area is 176 Å². The van der Waals surface area contributed by atoms with Crippen molar-refractivity contribution in [1.82, 2.24) is 14.9 Å². The van der Waals surface area contributed by atoms with Crippen molar-refractivity contribution in [3.05, 3.63) is 45.1 Å². The Bertz CT molecular complexity index is 1070. The second-order valence-electron chi connectivity index (χ2n) is 7.84. The predicted octanol–water partition coefficient (Wildman–Crippen LogP) is 4.45. The maximum atomic E-state index is 12.7. The van der Waals surface area contributed by atoms with E-state index in [9.17, 15) is 4.79 Å². The van der Waals surface area contributed by atoms with Gasteiger partial charge in [-0.3, -0.25) is 9.69 Å². The molecule has 1 amide bonds. The molecular weight excluding hydrogens is 382 g/mol. The average Bonchev–Trinajstić information content (AvgIpc) is 2.91. The number of rotatable bonds is 5. The monoisotopic (exact) mass is 411 g/mol. The fraction of sp³-hybridized carbons (Fsp3) is 0.409. The maximum Gasteiger partial charge on any atom is 0.238 e. The number of anilines is 2. The highest BCUT2D eigenvalue weighted by Crippen LogP contribution is 2.33. The van der Waals surface area contributed by atoms with Crippen LogP contribution in [0.25, 0.3) is 10.2 Å². The van der Waals surface area contributed by atoms with Crippen LogP contribution in [0.1, 0.15) is 45.9 Å². The lowest BCUT2D eigenvalue weighted by molar-refractivity contribution is -0.117. The lowest BCUT2D eigenvalue weighted by Crippen LogP contribution is -2.33. The SMILES string of the molecule is Cc1cc(C)c(NC(=O)CN(C)C(C)c2nc(N)c3c(C)c(C)sc3n2)c(C)c1. The number of carbonyl (C=O) groups excluding carboxylic acids is 1. The van der Waals surface area contributed by atoms with Gasteiger partial charge in [-0.1, -0.05) is 17.7 Å². The van der Waals surface area contributed by atoms with Crippen molar-refractivity contribution in [3.63, 3.8) is 0 Å². The molecule has 0 aliphatic rings. The van der Waals surface area contributed by atoms with Gasteiger partial charge in [0.1, 0.15) is 16.5 Å². The molecule has 1 unspecified atom stereocenters. The van der Waals surface area contributed by atoms with Crippen LogP contribution in [0.15, 0.2) is 12.1 Å². The minimum absolute atomic E-state index is 0.0636. The molecule has 3 rings (SSSR count). The molecule has 3 aromatic rings. The van der Waals surface area contributed by atoms with E-state index in [4.69, 9.17) is 10.7 Å². The Kier molecular flexibility index (Phi) is 5.91. The summed E-state index contributed by atoms with van der Waals surface area (Å²) >= 11 is 1.63. The van der Waals surface area contributed by atoms with Gasteiger partial charge in [-0.05, 0) is 65.3 Å². The van der Waals surface area contributed by atoms with Gasteiger partial charge in [0.05, 0.1) is 18.0 Å². The van der Waals surface area contributed by atoms with Crippen LogP contribution in [0.2, 0.25) is 0 Å². The fourth-order valence-electron chi connectivity index (χ4n) is 3.60. The van der Waals surface area contributed by atoms with Gasteiger partial charge in [0, 0.05) is 10.6 Å². The number of nitrogen functional groups attached to an aromatic ring is 1. The summed E-state index contributed by atoms with van der Waals surface area (Å²) in [6, 6.07) is 4.01. The van der Waals surface area contributed by atoms with E-state index in [1.807, 2.05) is 39.6 Å². The normalized spacial score (nSPS) is 12.6. The van der Waals surface area contributed by atoms with Crippen molar-refractivity contribution < 1.29 is 4.79 Å². The molecule has 0 aliphatic heterocycles. The number of carbonyl (C=O) groups is 1. The molecule has 0 aliphatic carbocycles. The summed E-state index contributed by atoms with van der Waals surface area (Å²) in [6.07, 6.45) is 0. The summed E-state index contributed by atoms with van der Waals surface area (Å²) in [6.45, 7) is 12.4. The number of nitrogens with zero attached hydrogens (tertiary/aromatic N) is 3. The standard InChI is InChI=1S/C22H29N5OS/c1-11-8-12(2)19(13(3)9-11)24-17(28)10-27(7)15(5)21-25-20(23)18-14(4)16(6)29-22(18)26-21/h8-9,15H,10H2,1-7H3,(H,24,28)(H2,23,25,26). The van der Waals surface area contributed by atoms with Gasteiger partial charge in [0.25, 0.3) is 0 Å². The van der Waals surface area contributed by atoms with Gasteiger partial charge in [-0.25, -0.2) is 9.97 Å². The number of fused-ring (bicyclic) bond motifs is 1. The smallest absolute Gasteiger partial charge is 0.238 e. The summed E-state index contributed by atoms with van der Waals surface area (Å²) in [7, 11) is 1.90. The lowest BCUT2D eigenvalue weighted by Gasteiger charge is -2.23. The molecule has 2 aromatic heterocycles. The Balaban J connectivity index is 1.76. The Morgan fingerprint density at radius 3 is 2.41 bits per heavy atom. The van der Waals surface area contributed by atoms with E-state index in [2.05, 4.69) is 36.3 Å². The molecule has 29 heavy (non-hydrogen) atoms. The molecule has 3 N–H and O–H groups in total. The molecule has 0 spiro atoms. The first-order valence-corrected chi connectivity index (χ1v) is 10.5. The van der Waals surface area contributed by atoms with Crippen molar-refractivity contribution >= 4 is 39.0 Å². The van der Waals surface area contributed by atoms with E-state index < -0.39 is 0 Å². The van der Waals surface area contributed by atoms with Crippen molar-refractivity contribution in [2.24, 2.45) is 0 Å². The average molecular weight is 412 g/mol. The second kappa shape index (κ2) is 8.08. The zero-order valence-electron chi connectivity index (χ0n) is 18.2. The minimum atomic E-state index is -0.143. The summed E-state index contributed by atoms with van der Waals surface area (Å²) in [5.41, 5.74) is 11.6. The van der Waals surface area contributed by atoms with Crippen LogP contribution in [-0.2, 0) is 4.79 Å². The molecule has 0 saturated heterocycles. The van der Waals surface area contributed by atoms with Gasteiger partial charge in [-0.2, -0.15) is 0 Å². The van der Waals surface area contributed by atoms with Crippen molar-refractivity contribution in [2.75, 3.05) is 24.6 Å². The Morgan fingerprint density at radius 2 is 1.79 bits per heavy atom. The number of nitrogens with one attached hydrogen (secondary N) is 1. The van der Waals surface area contributed by atoms with Crippen LogP contribution in [0.4, 0.5) is 11.5 Å². The van der Waals surface area contributed by atoms with Gasteiger partial charge in [0.15, 0.2) is 0 Å². The third-order valence-electron chi connectivity index (χ3n) is 5.44. The van der Waals surface area contributed by atoms with Crippen LogP contribution >= 0.6 is 11.3 Å². The zero-order valence-corrected chi connectivity index (χ0v) is 19.0. The van der Waals surface area contributed by atoms with Gasteiger partial charge in [-0.15, -0.1) is 11.3 Å². The van der Waals surface area contributed by atoms with Gasteiger partial charge in [0.2, 0.25) is 5.91 Å². The van der Waals surface area contributed by atoms with E-state index in [1.54, 1.807) is 11.3 Å². The van der Waals surface area contributed by atoms with Crippen molar-refractivity contribution in [3.8, 4) is 0 Å². The summed E-state index contributed by atoms with van der Waals surface area (Å²) in [5.74, 6) is 1.07.